The molecular weight excluding hydrogens is 611 g/mol. The van der Waals surface area contributed by atoms with E-state index in [2.05, 4.69) is 168 Å². The number of hydrogen-bond donors (Lipinski definition) is 0. The normalized spacial score (nSPS) is 19.4. The third-order valence-corrected chi connectivity index (χ3v) is 11.2. The lowest BCUT2D eigenvalue weighted by Crippen LogP contribution is -2.42. The molecule has 3 unspecified atom stereocenters. The van der Waals surface area contributed by atoms with E-state index in [1.54, 1.807) is 0 Å². The Morgan fingerprint density at radius 2 is 1.44 bits per heavy atom. The third kappa shape index (κ3) is 3.73. The van der Waals surface area contributed by atoms with Crippen LogP contribution < -0.4 is 20.2 Å². The molecule has 2 aliphatic heterocycles. The molecule has 0 saturated carbocycles. The molecule has 0 saturated heterocycles. The van der Waals surface area contributed by atoms with Crippen LogP contribution in [0.5, 0.6) is 5.75 Å². The van der Waals surface area contributed by atoms with Crippen molar-refractivity contribution in [2.24, 2.45) is 0 Å². The van der Waals surface area contributed by atoms with Crippen LogP contribution in [0.25, 0.3) is 45.4 Å². The monoisotopic (exact) mass is 643 g/mol. The molecule has 4 heteroatoms. The zero-order valence-electron chi connectivity index (χ0n) is 27.6. The first-order chi connectivity index (χ1) is 24.8. The lowest BCUT2D eigenvalue weighted by atomic mass is 9.77. The number of para-hydroxylation sites is 4. The Bertz CT molecular complexity index is 2690. The van der Waals surface area contributed by atoms with E-state index in [0.29, 0.717) is 5.92 Å². The minimum Gasteiger partial charge on any atom is -0.460 e. The van der Waals surface area contributed by atoms with E-state index in [4.69, 9.17) is 9.72 Å². The topological polar surface area (TPSA) is 30.3 Å². The highest BCUT2D eigenvalue weighted by Gasteiger charge is 2.49. The summed E-state index contributed by atoms with van der Waals surface area (Å²) >= 11 is 0. The molecule has 0 radical (unpaired) electrons. The highest BCUT2D eigenvalue weighted by Crippen LogP contribution is 2.60. The second-order valence-electron chi connectivity index (χ2n) is 13.9. The van der Waals surface area contributed by atoms with Crippen molar-refractivity contribution in [2.75, 3.05) is 4.90 Å². The Morgan fingerprint density at radius 1 is 0.720 bits per heavy atom. The molecule has 0 spiro atoms. The van der Waals surface area contributed by atoms with E-state index >= 15 is 0 Å². The Balaban J connectivity index is 1.34. The van der Waals surface area contributed by atoms with Crippen LogP contribution in [0.15, 0.2) is 146 Å². The Morgan fingerprint density at radius 3 is 2.30 bits per heavy atom. The molecular formula is C46H33N3O. The first-order valence-electron chi connectivity index (χ1n) is 17.6. The van der Waals surface area contributed by atoms with Crippen molar-refractivity contribution in [1.82, 2.24) is 9.55 Å². The Labute approximate surface area is 290 Å². The zero-order valence-corrected chi connectivity index (χ0v) is 27.6. The highest BCUT2D eigenvalue weighted by molar-refractivity contribution is 5.98. The number of fused-ring (bicyclic) bond motifs is 11. The molecule has 7 aromatic rings. The summed E-state index contributed by atoms with van der Waals surface area (Å²) in [4.78, 5) is 8.04. The van der Waals surface area contributed by atoms with Crippen LogP contribution in [0, 0.1) is 0 Å². The molecule has 0 fully saturated rings. The van der Waals surface area contributed by atoms with E-state index in [0.717, 1.165) is 51.2 Å². The molecule has 4 aliphatic rings. The summed E-state index contributed by atoms with van der Waals surface area (Å²) in [7, 11) is 0. The summed E-state index contributed by atoms with van der Waals surface area (Å²) in [6, 6.07) is 50.4. The van der Waals surface area contributed by atoms with Crippen LogP contribution in [0.3, 0.4) is 0 Å². The lowest BCUT2D eigenvalue weighted by Gasteiger charge is -2.29. The Kier molecular flexibility index (Phi) is 5.80. The molecule has 5 aromatic carbocycles. The van der Waals surface area contributed by atoms with Crippen molar-refractivity contribution in [2.45, 2.75) is 31.1 Å². The number of nitrogens with zero attached hydrogens (tertiary/aromatic N) is 3. The summed E-state index contributed by atoms with van der Waals surface area (Å²) in [5, 5.41) is 3.48. The van der Waals surface area contributed by atoms with Gasteiger partial charge in [0.1, 0.15) is 17.3 Å². The third-order valence-electron chi connectivity index (χ3n) is 11.2. The first kappa shape index (κ1) is 27.8. The number of ether oxygens (including phenoxy) is 1. The van der Waals surface area contributed by atoms with Crippen molar-refractivity contribution in [3.05, 3.63) is 179 Å². The maximum absolute atomic E-state index is 7.00. The number of rotatable bonds is 3. The number of benzene rings is 5. The fourth-order valence-electron chi connectivity index (χ4n) is 9.16. The first-order valence-corrected chi connectivity index (χ1v) is 17.6. The second kappa shape index (κ2) is 10.4. The van der Waals surface area contributed by atoms with Crippen LogP contribution in [0.2, 0.25) is 0 Å². The molecule has 50 heavy (non-hydrogen) atoms. The molecule has 0 N–H and O–H groups in total. The quantitative estimate of drug-likeness (QED) is 0.192. The number of pyridine rings is 1. The molecule has 3 atom stereocenters. The number of aromatic nitrogens is 2. The molecule has 0 amide bonds. The van der Waals surface area contributed by atoms with Crippen LogP contribution in [0.4, 0.5) is 11.4 Å². The largest absolute Gasteiger partial charge is 0.460 e. The van der Waals surface area contributed by atoms with Gasteiger partial charge in [0.2, 0.25) is 0 Å². The van der Waals surface area contributed by atoms with E-state index in [1.165, 1.54) is 44.6 Å². The van der Waals surface area contributed by atoms with Gasteiger partial charge in [-0.1, -0.05) is 116 Å². The van der Waals surface area contributed by atoms with E-state index in [1.807, 2.05) is 0 Å². The summed E-state index contributed by atoms with van der Waals surface area (Å²) in [6.45, 7) is 2.32. The van der Waals surface area contributed by atoms with Gasteiger partial charge < -0.3 is 9.64 Å². The molecule has 0 bridgehead atoms. The smallest absolute Gasteiger partial charge is 0.138 e. The van der Waals surface area contributed by atoms with Crippen LogP contribution in [-0.2, 0) is 0 Å². The molecule has 238 valence electrons. The standard InChI is InChI=1S/C46H33N3O/c1-28-15-14-23-35-40(28)34(29-16-4-2-5-17-29)27-39(47-35)49-37-25-12-9-21-32(37)43-45(49)44-41(42-33-22-10-13-26-38(33)50-46(42)43)31-20-8-11-24-36(31)48(44)30-18-6-3-7-19-30/h2-14,16-28,41-42H,15H2,1H3. The van der Waals surface area contributed by atoms with Crippen LogP contribution in [-0.4, -0.2) is 9.55 Å². The minimum absolute atomic E-state index is 0.0444. The summed E-state index contributed by atoms with van der Waals surface area (Å²) < 4.78 is 9.43. The van der Waals surface area contributed by atoms with Gasteiger partial charge in [-0.15, -0.1) is 0 Å². The fourth-order valence-corrected chi connectivity index (χ4v) is 9.16. The van der Waals surface area contributed by atoms with Gasteiger partial charge in [0.05, 0.1) is 28.2 Å². The van der Waals surface area contributed by atoms with Crippen molar-refractivity contribution >= 4 is 39.8 Å². The highest BCUT2D eigenvalue weighted by atomic mass is 16.5. The van der Waals surface area contributed by atoms with Gasteiger partial charge in [0.15, 0.2) is 0 Å². The van der Waals surface area contributed by atoms with Crippen molar-refractivity contribution < 1.29 is 4.74 Å². The maximum atomic E-state index is 7.00. The maximum Gasteiger partial charge on any atom is 0.138 e. The van der Waals surface area contributed by atoms with Crippen LogP contribution in [0.1, 0.15) is 53.5 Å². The number of hydrogen-bond acceptors (Lipinski definition) is 3. The van der Waals surface area contributed by atoms with Gasteiger partial charge in [-0.3, -0.25) is 4.57 Å². The van der Waals surface area contributed by atoms with Crippen LogP contribution >= 0.6 is 0 Å². The number of anilines is 2. The van der Waals surface area contributed by atoms with Gasteiger partial charge in [-0.2, -0.15) is 0 Å². The van der Waals surface area contributed by atoms with E-state index in [9.17, 15) is 0 Å². The lowest BCUT2D eigenvalue weighted by molar-refractivity contribution is 0.502. The second-order valence-corrected chi connectivity index (χ2v) is 13.9. The molecule has 4 heterocycles. The van der Waals surface area contributed by atoms with Crippen molar-refractivity contribution in [1.29, 1.82) is 0 Å². The molecule has 11 rings (SSSR count). The van der Waals surface area contributed by atoms with Gasteiger partial charge >= 0.3 is 0 Å². The minimum atomic E-state index is 0.0444. The Hall–Kier alpha value is -6.13. The SMILES string of the molecule is CC1CC=Cc2nc(-n3c4c(c5ccccc53)=C3Oc5ccccc5C3C3C=4N(c4ccccc4)c4ccccc43)cc(-c3ccccc3)c21. The van der Waals surface area contributed by atoms with Crippen molar-refractivity contribution in [3.8, 4) is 22.7 Å². The van der Waals surface area contributed by atoms with Crippen molar-refractivity contribution in [3.63, 3.8) is 0 Å². The summed E-state index contributed by atoms with van der Waals surface area (Å²) in [5.74, 6) is 3.37. The van der Waals surface area contributed by atoms with E-state index in [-0.39, 0.29) is 11.8 Å². The summed E-state index contributed by atoms with van der Waals surface area (Å²) in [6.07, 6.45) is 5.52. The molecule has 2 aliphatic carbocycles. The van der Waals surface area contributed by atoms with Gasteiger partial charge in [0.25, 0.3) is 0 Å². The van der Waals surface area contributed by atoms with Gasteiger partial charge in [0, 0.05) is 33.5 Å². The molecule has 4 nitrogen and oxygen atoms in total. The predicted octanol–water partition coefficient (Wildman–Crippen LogP) is 9.55. The fraction of sp³-hybridized carbons (Fsp3) is 0.109. The van der Waals surface area contributed by atoms with E-state index < -0.39 is 0 Å². The average Bonchev–Trinajstić information content (AvgIpc) is 3.83. The number of allylic oxidation sites excluding steroid dienone is 1. The zero-order chi connectivity index (χ0) is 32.9. The molecule has 2 aromatic heterocycles. The predicted molar refractivity (Wildman–Crippen MR) is 202 cm³/mol. The average molecular weight is 644 g/mol. The van der Waals surface area contributed by atoms with Gasteiger partial charge in [-0.25, -0.2) is 4.98 Å². The summed E-state index contributed by atoms with van der Waals surface area (Å²) in [5.41, 5.74) is 12.1. The van der Waals surface area contributed by atoms with Gasteiger partial charge in [-0.05, 0) is 77.1 Å².